The Labute approximate surface area is 117 Å². The van der Waals surface area contributed by atoms with Crippen LogP contribution in [0.2, 0.25) is 0 Å². The molecule has 0 saturated heterocycles. The summed E-state index contributed by atoms with van der Waals surface area (Å²) in [5.41, 5.74) is 2.90. The lowest BCUT2D eigenvalue weighted by atomic mass is 10.3. The fraction of sp³-hybridized carbons (Fsp3) is 0.583. The first-order valence-corrected chi connectivity index (χ1v) is 7.04. The second kappa shape index (κ2) is 8.61. The first-order chi connectivity index (χ1) is 8.59. The summed E-state index contributed by atoms with van der Waals surface area (Å²) in [6.45, 7) is 7.41. The minimum Gasteiger partial charge on any atom is -0.389 e. The Morgan fingerprint density at radius 1 is 1.72 bits per heavy atom. The predicted molar refractivity (Wildman–Crippen MR) is 75.2 cm³/mol. The molecule has 1 heterocycles. The molecule has 0 bridgehead atoms. The Morgan fingerprint density at radius 3 is 3.11 bits per heavy atom. The smallest absolute Gasteiger partial charge is 0.0897 e. The van der Waals surface area contributed by atoms with Gasteiger partial charge in [-0.25, -0.2) is 4.98 Å². The molecule has 1 unspecified atom stereocenters. The van der Waals surface area contributed by atoms with Crippen molar-refractivity contribution >= 4 is 22.9 Å². The summed E-state index contributed by atoms with van der Waals surface area (Å²) in [4.78, 5) is 5.41. The maximum absolute atomic E-state index is 9.60. The van der Waals surface area contributed by atoms with Gasteiger partial charge in [-0.1, -0.05) is 18.2 Å². The molecule has 2 N–H and O–H groups in total. The van der Waals surface area contributed by atoms with E-state index in [4.69, 9.17) is 16.3 Å². The Bertz CT molecular complexity index is 371. The van der Waals surface area contributed by atoms with E-state index in [-0.39, 0.29) is 0 Å². The van der Waals surface area contributed by atoms with Crippen LogP contribution >= 0.6 is 22.9 Å². The molecule has 0 aromatic carbocycles. The molecule has 18 heavy (non-hydrogen) atoms. The number of aliphatic hydroxyl groups excluding tert-OH is 1. The third kappa shape index (κ3) is 6.47. The summed E-state index contributed by atoms with van der Waals surface area (Å²) < 4.78 is 5.41. The number of rotatable bonds is 9. The van der Waals surface area contributed by atoms with Gasteiger partial charge in [-0.15, -0.1) is 11.3 Å². The standard InChI is InChI=1S/C12H19ClN2O2S/c1-9(13)5-14-6-11(16)7-17-4-3-12-10(2)15-8-18-12/h8,11,14,16H,1,3-7H2,2H3. The maximum atomic E-state index is 9.60. The molecule has 1 aromatic rings. The van der Waals surface area contributed by atoms with Gasteiger partial charge in [0.25, 0.3) is 0 Å². The third-order valence-corrected chi connectivity index (χ3v) is 3.45. The molecule has 0 spiro atoms. The molecule has 0 aliphatic carbocycles. The zero-order valence-corrected chi connectivity index (χ0v) is 12.1. The number of nitrogens with zero attached hydrogens (tertiary/aromatic N) is 1. The van der Waals surface area contributed by atoms with Crippen LogP contribution in [0.15, 0.2) is 17.1 Å². The molecule has 0 aliphatic rings. The molecule has 0 fully saturated rings. The first-order valence-electron chi connectivity index (χ1n) is 5.78. The molecule has 1 atom stereocenters. The number of aryl methyl sites for hydroxylation is 1. The predicted octanol–water partition coefficient (Wildman–Crippen LogP) is 1.71. The molecule has 0 aliphatic heterocycles. The van der Waals surface area contributed by atoms with Gasteiger partial charge in [0.1, 0.15) is 0 Å². The number of hydrogen-bond acceptors (Lipinski definition) is 5. The molecule has 4 nitrogen and oxygen atoms in total. The highest BCUT2D eigenvalue weighted by Crippen LogP contribution is 2.12. The highest BCUT2D eigenvalue weighted by Gasteiger charge is 2.05. The molecule has 0 amide bonds. The van der Waals surface area contributed by atoms with Gasteiger partial charge in [-0.3, -0.25) is 0 Å². The van der Waals surface area contributed by atoms with Crippen molar-refractivity contribution in [2.24, 2.45) is 0 Å². The highest BCUT2D eigenvalue weighted by molar-refractivity contribution is 7.09. The molecule has 0 radical (unpaired) electrons. The monoisotopic (exact) mass is 290 g/mol. The first kappa shape index (κ1) is 15.6. The highest BCUT2D eigenvalue weighted by atomic mass is 35.5. The molecular weight excluding hydrogens is 272 g/mol. The lowest BCUT2D eigenvalue weighted by molar-refractivity contribution is 0.0389. The van der Waals surface area contributed by atoms with Crippen molar-refractivity contribution in [2.75, 3.05) is 26.3 Å². The number of thiazole rings is 1. The zero-order valence-electron chi connectivity index (χ0n) is 10.5. The van der Waals surface area contributed by atoms with E-state index < -0.39 is 6.10 Å². The van der Waals surface area contributed by atoms with Crippen molar-refractivity contribution in [1.29, 1.82) is 0 Å². The second-order valence-corrected chi connectivity index (χ2v) is 5.46. The number of ether oxygens (including phenoxy) is 1. The van der Waals surface area contributed by atoms with Crippen LogP contribution in [0, 0.1) is 6.92 Å². The number of aliphatic hydroxyl groups is 1. The zero-order chi connectivity index (χ0) is 13.4. The summed E-state index contributed by atoms with van der Waals surface area (Å²) >= 11 is 7.22. The minimum absolute atomic E-state index is 0.319. The molecule has 0 saturated carbocycles. The number of nitrogens with one attached hydrogen (secondary N) is 1. The van der Waals surface area contributed by atoms with Crippen LogP contribution in [0.25, 0.3) is 0 Å². The van der Waals surface area contributed by atoms with Gasteiger partial charge in [0.15, 0.2) is 0 Å². The van der Waals surface area contributed by atoms with Crippen LogP contribution in [0.5, 0.6) is 0 Å². The molecular formula is C12H19ClN2O2S. The SMILES string of the molecule is C=C(Cl)CNCC(O)COCCc1scnc1C. The van der Waals surface area contributed by atoms with Crippen molar-refractivity contribution in [3.8, 4) is 0 Å². The molecule has 1 aromatic heterocycles. The summed E-state index contributed by atoms with van der Waals surface area (Å²) in [7, 11) is 0. The van der Waals surface area contributed by atoms with Crippen molar-refractivity contribution < 1.29 is 9.84 Å². The van der Waals surface area contributed by atoms with E-state index in [1.165, 1.54) is 4.88 Å². The van der Waals surface area contributed by atoms with Gasteiger partial charge in [-0.2, -0.15) is 0 Å². The van der Waals surface area contributed by atoms with Gasteiger partial charge in [0, 0.05) is 29.4 Å². The summed E-state index contributed by atoms with van der Waals surface area (Å²) in [6.07, 6.45) is 0.318. The van der Waals surface area contributed by atoms with Gasteiger partial charge in [0.2, 0.25) is 0 Å². The average molecular weight is 291 g/mol. The molecule has 1 rings (SSSR count). The Hall–Kier alpha value is -0.460. The lowest BCUT2D eigenvalue weighted by Gasteiger charge is -2.11. The number of aromatic nitrogens is 1. The van der Waals surface area contributed by atoms with Crippen LogP contribution in [0.1, 0.15) is 10.6 Å². The summed E-state index contributed by atoms with van der Waals surface area (Å²) in [5, 5.41) is 13.1. The van der Waals surface area contributed by atoms with Crippen molar-refractivity contribution in [1.82, 2.24) is 10.3 Å². The van der Waals surface area contributed by atoms with E-state index in [1.54, 1.807) is 11.3 Å². The number of hydrogen-bond donors (Lipinski definition) is 2. The lowest BCUT2D eigenvalue weighted by Crippen LogP contribution is -2.31. The van der Waals surface area contributed by atoms with Crippen LogP contribution < -0.4 is 5.32 Å². The van der Waals surface area contributed by atoms with Crippen molar-refractivity contribution in [3.63, 3.8) is 0 Å². The Morgan fingerprint density at radius 2 is 2.50 bits per heavy atom. The maximum Gasteiger partial charge on any atom is 0.0897 e. The normalized spacial score (nSPS) is 12.6. The minimum atomic E-state index is -0.524. The van der Waals surface area contributed by atoms with Crippen LogP contribution in [-0.2, 0) is 11.2 Å². The van der Waals surface area contributed by atoms with E-state index in [2.05, 4.69) is 16.9 Å². The second-order valence-electron chi connectivity index (χ2n) is 3.99. The van der Waals surface area contributed by atoms with Gasteiger partial charge in [-0.05, 0) is 6.92 Å². The van der Waals surface area contributed by atoms with Crippen LogP contribution in [-0.4, -0.2) is 42.5 Å². The Kier molecular flexibility index (Phi) is 7.46. The van der Waals surface area contributed by atoms with E-state index in [0.29, 0.717) is 31.3 Å². The summed E-state index contributed by atoms with van der Waals surface area (Å²) in [6, 6.07) is 0. The third-order valence-electron chi connectivity index (χ3n) is 2.33. The summed E-state index contributed by atoms with van der Waals surface area (Å²) in [5.74, 6) is 0. The van der Waals surface area contributed by atoms with Gasteiger partial charge >= 0.3 is 0 Å². The number of halogens is 1. The fourth-order valence-corrected chi connectivity index (χ4v) is 2.24. The molecule has 6 heteroatoms. The van der Waals surface area contributed by atoms with Gasteiger partial charge in [0.05, 0.1) is 30.5 Å². The fourth-order valence-electron chi connectivity index (χ4n) is 1.38. The average Bonchev–Trinajstić information content (AvgIpc) is 2.70. The van der Waals surface area contributed by atoms with E-state index in [0.717, 1.165) is 12.1 Å². The van der Waals surface area contributed by atoms with E-state index in [9.17, 15) is 5.11 Å². The van der Waals surface area contributed by atoms with Gasteiger partial charge < -0.3 is 15.2 Å². The topological polar surface area (TPSA) is 54.4 Å². The van der Waals surface area contributed by atoms with E-state index in [1.807, 2.05) is 12.4 Å². The van der Waals surface area contributed by atoms with Crippen molar-refractivity contribution in [3.05, 3.63) is 27.7 Å². The molecule has 102 valence electrons. The largest absolute Gasteiger partial charge is 0.389 e. The quantitative estimate of drug-likeness (QED) is 0.680. The Balaban J connectivity index is 2.03. The van der Waals surface area contributed by atoms with Crippen molar-refractivity contribution in [2.45, 2.75) is 19.4 Å². The van der Waals surface area contributed by atoms with Crippen LogP contribution in [0.4, 0.5) is 0 Å². The van der Waals surface area contributed by atoms with E-state index >= 15 is 0 Å². The van der Waals surface area contributed by atoms with Crippen LogP contribution in [0.3, 0.4) is 0 Å².